The minimum atomic E-state index is 0.0256. The molecular formula is C22H27N3O. The number of aryl methyl sites for hydroxylation is 1. The summed E-state index contributed by atoms with van der Waals surface area (Å²) >= 11 is 0. The highest BCUT2D eigenvalue weighted by Crippen LogP contribution is 2.26. The smallest absolute Gasteiger partial charge is 0.222 e. The summed E-state index contributed by atoms with van der Waals surface area (Å²) in [5, 5.41) is 2.99. The first kappa shape index (κ1) is 18.2. The van der Waals surface area contributed by atoms with Crippen LogP contribution in [0.4, 0.5) is 0 Å². The van der Waals surface area contributed by atoms with E-state index < -0.39 is 0 Å². The van der Waals surface area contributed by atoms with Crippen molar-refractivity contribution in [2.75, 3.05) is 6.54 Å². The summed E-state index contributed by atoms with van der Waals surface area (Å²) in [7, 11) is 0. The number of carbonyl (C=O) groups excluding carboxylic acids is 1. The zero-order valence-corrected chi connectivity index (χ0v) is 15.8. The number of amides is 1. The number of para-hydroxylation sites is 2. The highest BCUT2D eigenvalue weighted by molar-refractivity contribution is 5.78. The molecule has 1 atom stereocenters. The standard InChI is InChI=1S/C22H27N3O/c1-16(2)22(26)23-15-9-14-21-24-19-12-7-8-13-20(19)25(21)17(3)18-10-5-4-6-11-18/h4-8,10-13,16-17H,9,14-15H2,1-3H3,(H,23,26)/t17-/m1/s1. The Hall–Kier alpha value is -2.62. The Morgan fingerprint density at radius 1 is 1.04 bits per heavy atom. The molecule has 0 fully saturated rings. The number of aromatic nitrogens is 2. The van der Waals surface area contributed by atoms with E-state index in [-0.39, 0.29) is 17.9 Å². The van der Waals surface area contributed by atoms with Crippen molar-refractivity contribution in [1.82, 2.24) is 14.9 Å². The van der Waals surface area contributed by atoms with Gasteiger partial charge in [-0.1, -0.05) is 56.3 Å². The van der Waals surface area contributed by atoms with Crippen LogP contribution < -0.4 is 5.32 Å². The van der Waals surface area contributed by atoms with Crippen molar-refractivity contribution in [2.24, 2.45) is 5.92 Å². The highest BCUT2D eigenvalue weighted by atomic mass is 16.1. The van der Waals surface area contributed by atoms with E-state index in [0.717, 1.165) is 29.7 Å². The second-order valence-corrected chi connectivity index (χ2v) is 7.02. The van der Waals surface area contributed by atoms with Crippen molar-refractivity contribution in [1.29, 1.82) is 0 Å². The van der Waals surface area contributed by atoms with Crippen molar-refractivity contribution in [3.63, 3.8) is 0 Å². The molecule has 0 saturated heterocycles. The van der Waals surface area contributed by atoms with Gasteiger partial charge in [0.05, 0.1) is 17.1 Å². The molecule has 0 aliphatic heterocycles. The number of nitrogens with one attached hydrogen (secondary N) is 1. The maximum Gasteiger partial charge on any atom is 0.222 e. The van der Waals surface area contributed by atoms with E-state index in [1.54, 1.807) is 0 Å². The SMILES string of the molecule is CC(C)C(=O)NCCCc1nc2ccccc2n1[C@H](C)c1ccccc1. The van der Waals surface area contributed by atoms with Crippen molar-refractivity contribution < 1.29 is 4.79 Å². The molecule has 1 N–H and O–H groups in total. The molecule has 0 aliphatic rings. The fraction of sp³-hybridized carbons (Fsp3) is 0.364. The molecule has 26 heavy (non-hydrogen) atoms. The summed E-state index contributed by atoms with van der Waals surface area (Å²) < 4.78 is 2.33. The summed E-state index contributed by atoms with van der Waals surface area (Å²) in [5.74, 6) is 1.20. The summed E-state index contributed by atoms with van der Waals surface area (Å²) in [5.41, 5.74) is 3.45. The van der Waals surface area contributed by atoms with Gasteiger partial charge < -0.3 is 9.88 Å². The lowest BCUT2D eigenvalue weighted by Crippen LogP contribution is -2.29. The van der Waals surface area contributed by atoms with Crippen molar-refractivity contribution in [3.8, 4) is 0 Å². The normalized spacial score (nSPS) is 12.5. The maximum absolute atomic E-state index is 11.7. The molecule has 0 radical (unpaired) electrons. The van der Waals surface area contributed by atoms with Crippen LogP contribution in [0.15, 0.2) is 54.6 Å². The fourth-order valence-electron chi connectivity index (χ4n) is 3.25. The molecular weight excluding hydrogens is 322 g/mol. The lowest BCUT2D eigenvalue weighted by molar-refractivity contribution is -0.123. The largest absolute Gasteiger partial charge is 0.356 e. The molecule has 1 amide bonds. The van der Waals surface area contributed by atoms with Gasteiger partial charge in [0, 0.05) is 18.9 Å². The van der Waals surface area contributed by atoms with E-state index in [9.17, 15) is 4.79 Å². The Labute approximate surface area is 155 Å². The van der Waals surface area contributed by atoms with E-state index in [1.165, 1.54) is 5.56 Å². The molecule has 0 saturated carbocycles. The number of rotatable bonds is 7. The number of hydrogen-bond acceptors (Lipinski definition) is 2. The first-order chi connectivity index (χ1) is 12.6. The van der Waals surface area contributed by atoms with Gasteiger partial charge in [-0.25, -0.2) is 4.98 Å². The Bertz CT molecular complexity index is 867. The molecule has 0 spiro atoms. The molecule has 1 aromatic heterocycles. The average Bonchev–Trinajstić information content (AvgIpc) is 3.03. The Morgan fingerprint density at radius 3 is 2.46 bits per heavy atom. The van der Waals surface area contributed by atoms with Gasteiger partial charge in [0.2, 0.25) is 5.91 Å². The quantitative estimate of drug-likeness (QED) is 0.645. The monoisotopic (exact) mass is 349 g/mol. The summed E-state index contributed by atoms with van der Waals surface area (Å²) in [6, 6.07) is 19.0. The summed E-state index contributed by atoms with van der Waals surface area (Å²) in [6.07, 6.45) is 1.72. The van der Waals surface area contributed by atoms with Gasteiger partial charge >= 0.3 is 0 Å². The fourth-order valence-corrected chi connectivity index (χ4v) is 3.25. The van der Waals surface area contributed by atoms with Gasteiger partial charge in [-0.05, 0) is 31.0 Å². The van der Waals surface area contributed by atoms with Crippen LogP contribution in [0, 0.1) is 5.92 Å². The third-order valence-corrected chi connectivity index (χ3v) is 4.74. The third-order valence-electron chi connectivity index (χ3n) is 4.74. The predicted octanol–water partition coefficient (Wildman–Crippen LogP) is 4.35. The lowest BCUT2D eigenvalue weighted by atomic mass is 10.1. The predicted molar refractivity (Wildman–Crippen MR) is 106 cm³/mol. The lowest BCUT2D eigenvalue weighted by Gasteiger charge is -2.18. The second kappa shape index (κ2) is 8.17. The zero-order chi connectivity index (χ0) is 18.5. The van der Waals surface area contributed by atoms with Gasteiger partial charge in [-0.15, -0.1) is 0 Å². The van der Waals surface area contributed by atoms with Crippen LogP contribution in [0.1, 0.15) is 44.6 Å². The molecule has 0 bridgehead atoms. The molecule has 4 nitrogen and oxygen atoms in total. The number of imidazole rings is 1. The van der Waals surface area contributed by atoms with Gasteiger partial charge in [-0.3, -0.25) is 4.79 Å². The van der Waals surface area contributed by atoms with E-state index >= 15 is 0 Å². The van der Waals surface area contributed by atoms with Crippen LogP contribution >= 0.6 is 0 Å². The number of benzene rings is 2. The number of fused-ring (bicyclic) bond motifs is 1. The first-order valence-electron chi connectivity index (χ1n) is 9.36. The molecule has 136 valence electrons. The Balaban J connectivity index is 1.82. The molecule has 3 aromatic rings. The molecule has 4 heteroatoms. The Kier molecular flexibility index (Phi) is 5.71. The van der Waals surface area contributed by atoms with E-state index in [2.05, 4.69) is 59.3 Å². The summed E-state index contributed by atoms with van der Waals surface area (Å²) in [6.45, 7) is 6.72. The van der Waals surface area contributed by atoms with Crippen LogP contribution in [-0.2, 0) is 11.2 Å². The van der Waals surface area contributed by atoms with Crippen LogP contribution in [0.2, 0.25) is 0 Å². The van der Waals surface area contributed by atoms with Crippen LogP contribution in [-0.4, -0.2) is 22.0 Å². The minimum Gasteiger partial charge on any atom is -0.356 e. The highest BCUT2D eigenvalue weighted by Gasteiger charge is 2.17. The number of carbonyl (C=O) groups is 1. The molecule has 0 unspecified atom stereocenters. The molecule has 3 rings (SSSR count). The van der Waals surface area contributed by atoms with Gasteiger partial charge in [0.25, 0.3) is 0 Å². The number of hydrogen-bond donors (Lipinski definition) is 1. The van der Waals surface area contributed by atoms with Gasteiger partial charge in [0.1, 0.15) is 5.82 Å². The van der Waals surface area contributed by atoms with Crippen molar-refractivity contribution >= 4 is 16.9 Å². The zero-order valence-electron chi connectivity index (χ0n) is 15.8. The molecule has 0 aliphatic carbocycles. The first-order valence-corrected chi connectivity index (χ1v) is 9.36. The van der Waals surface area contributed by atoms with Crippen molar-refractivity contribution in [2.45, 2.75) is 39.7 Å². The topological polar surface area (TPSA) is 46.9 Å². The second-order valence-electron chi connectivity index (χ2n) is 7.02. The maximum atomic E-state index is 11.7. The third kappa shape index (κ3) is 3.96. The summed E-state index contributed by atoms with van der Waals surface area (Å²) in [4.78, 5) is 16.6. The molecule has 2 aromatic carbocycles. The van der Waals surface area contributed by atoms with E-state index in [0.29, 0.717) is 6.54 Å². The van der Waals surface area contributed by atoms with Crippen LogP contribution in [0.25, 0.3) is 11.0 Å². The van der Waals surface area contributed by atoms with E-state index in [4.69, 9.17) is 4.98 Å². The Morgan fingerprint density at radius 2 is 1.73 bits per heavy atom. The molecule has 1 heterocycles. The van der Waals surface area contributed by atoms with Crippen molar-refractivity contribution in [3.05, 3.63) is 66.0 Å². The minimum absolute atomic E-state index is 0.0256. The van der Waals surface area contributed by atoms with Crippen LogP contribution in [0.5, 0.6) is 0 Å². The average molecular weight is 349 g/mol. The number of nitrogens with zero attached hydrogens (tertiary/aromatic N) is 2. The van der Waals surface area contributed by atoms with Gasteiger partial charge in [0.15, 0.2) is 0 Å². The van der Waals surface area contributed by atoms with E-state index in [1.807, 2.05) is 26.0 Å². The van der Waals surface area contributed by atoms with Gasteiger partial charge in [-0.2, -0.15) is 0 Å². The van der Waals surface area contributed by atoms with Crippen LogP contribution in [0.3, 0.4) is 0 Å².